The molecule has 0 atom stereocenters. The second kappa shape index (κ2) is 8.11. The van der Waals surface area contributed by atoms with Gasteiger partial charge in [-0.2, -0.15) is 0 Å². The fourth-order valence-corrected chi connectivity index (χ4v) is 3.22. The predicted octanol–water partition coefficient (Wildman–Crippen LogP) is 4.75. The van der Waals surface area contributed by atoms with Gasteiger partial charge in [0.25, 0.3) is 0 Å². The van der Waals surface area contributed by atoms with Crippen molar-refractivity contribution in [3.05, 3.63) is 88.2 Å². The normalized spacial score (nSPS) is 10.6. The average molecular weight is 368 g/mol. The molecular weight excluding hydrogens is 346 g/mol. The summed E-state index contributed by atoms with van der Waals surface area (Å²) in [5.41, 5.74) is 5.37. The molecule has 4 nitrogen and oxygen atoms in total. The van der Waals surface area contributed by atoms with Crippen LogP contribution in [0.25, 0.3) is 5.69 Å². The summed E-state index contributed by atoms with van der Waals surface area (Å²) in [6.45, 7) is 5.08. The quantitative estimate of drug-likeness (QED) is 0.671. The number of aryl methyl sites for hydroxylation is 1. The van der Waals surface area contributed by atoms with E-state index in [-0.39, 0.29) is 6.03 Å². The van der Waals surface area contributed by atoms with Gasteiger partial charge in [-0.1, -0.05) is 48.0 Å². The van der Waals surface area contributed by atoms with E-state index in [0.29, 0.717) is 18.1 Å². The molecule has 26 heavy (non-hydrogen) atoms. The molecule has 0 radical (unpaired) electrons. The highest BCUT2D eigenvalue weighted by Gasteiger charge is 2.11. The maximum atomic E-state index is 12.1. The van der Waals surface area contributed by atoms with Crippen LogP contribution >= 0.6 is 11.6 Å². The molecular formula is C21H22ClN3O. The van der Waals surface area contributed by atoms with Crippen LogP contribution in [0.1, 0.15) is 22.5 Å². The van der Waals surface area contributed by atoms with Gasteiger partial charge in [-0.05, 0) is 49.2 Å². The Bertz CT molecular complexity index is 903. The van der Waals surface area contributed by atoms with Crippen molar-refractivity contribution in [2.75, 3.05) is 0 Å². The Kier molecular flexibility index (Phi) is 5.64. The molecule has 2 amide bonds. The summed E-state index contributed by atoms with van der Waals surface area (Å²) >= 11 is 6.12. The fourth-order valence-electron chi connectivity index (χ4n) is 3.04. The summed E-state index contributed by atoms with van der Waals surface area (Å²) < 4.78 is 2.14. The number of carbonyl (C=O) groups excluding carboxylic acids is 1. The Morgan fingerprint density at radius 2 is 1.69 bits per heavy atom. The van der Waals surface area contributed by atoms with Crippen LogP contribution in [0.3, 0.4) is 0 Å². The van der Waals surface area contributed by atoms with Crippen LogP contribution in [0.2, 0.25) is 5.02 Å². The van der Waals surface area contributed by atoms with Crippen molar-refractivity contribution in [1.82, 2.24) is 15.2 Å². The predicted molar refractivity (Wildman–Crippen MR) is 106 cm³/mol. The third kappa shape index (κ3) is 4.27. The van der Waals surface area contributed by atoms with E-state index >= 15 is 0 Å². The Balaban J connectivity index is 1.64. The Hall–Kier alpha value is -2.72. The van der Waals surface area contributed by atoms with Crippen LogP contribution in [0.15, 0.2) is 60.7 Å². The molecule has 134 valence electrons. The van der Waals surface area contributed by atoms with Crippen molar-refractivity contribution in [2.45, 2.75) is 26.9 Å². The van der Waals surface area contributed by atoms with Crippen molar-refractivity contribution < 1.29 is 4.79 Å². The van der Waals surface area contributed by atoms with Gasteiger partial charge in [-0.25, -0.2) is 4.79 Å². The van der Waals surface area contributed by atoms with Crippen LogP contribution in [0.4, 0.5) is 4.79 Å². The van der Waals surface area contributed by atoms with Gasteiger partial charge in [-0.15, -0.1) is 0 Å². The van der Waals surface area contributed by atoms with Crippen LogP contribution in [0, 0.1) is 13.8 Å². The van der Waals surface area contributed by atoms with E-state index in [4.69, 9.17) is 11.6 Å². The van der Waals surface area contributed by atoms with Crippen molar-refractivity contribution in [1.29, 1.82) is 0 Å². The average Bonchev–Trinajstić information content (AvgIpc) is 2.92. The monoisotopic (exact) mass is 367 g/mol. The number of rotatable bonds is 5. The lowest BCUT2D eigenvalue weighted by molar-refractivity contribution is 0.240. The zero-order chi connectivity index (χ0) is 18.5. The summed E-state index contributed by atoms with van der Waals surface area (Å²) in [7, 11) is 0. The summed E-state index contributed by atoms with van der Waals surface area (Å²) in [5.74, 6) is 0. The minimum absolute atomic E-state index is 0.179. The fraction of sp³-hybridized carbons (Fsp3) is 0.190. The minimum atomic E-state index is -0.179. The van der Waals surface area contributed by atoms with Gasteiger partial charge >= 0.3 is 6.03 Å². The number of amides is 2. The lowest BCUT2D eigenvalue weighted by Gasteiger charge is -2.11. The standard InChI is InChI=1S/C21H22ClN3O/c1-15-11-18(16(2)25(15)20-10-6-9-19(22)12-20)14-24-21(26)23-13-17-7-4-3-5-8-17/h3-12H,13-14H2,1-2H3,(H2,23,24,26). The van der Waals surface area contributed by atoms with Crippen LogP contribution in [-0.2, 0) is 13.1 Å². The first-order valence-corrected chi connectivity index (χ1v) is 8.92. The smallest absolute Gasteiger partial charge is 0.315 e. The van der Waals surface area contributed by atoms with Crippen LogP contribution in [0.5, 0.6) is 0 Å². The molecule has 0 aliphatic carbocycles. The number of carbonyl (C=O) groups is 1. The third-order valence-electron chi connectivity index (χ3n) is 4.34. The molecule has 0 saturated heterocycles. The SMILES string of the molecule is Cc1cc(CNC(=O)NCc2ccccc2)c(C)n1-c1cccc(Cl)c1. The molecule has 2 aromatic carbocycles. The van der Waals surface area contributed by atoms with E-state index in [2.05, 4.69) is 21.3 Å². The molecule has 3 rings (SSSR count). The van der Waals surface area contributed by atoms with Crippen LogP contribution < -0.4 is 10.6 Å². The zero-order valence-electron chi connectivity index (χ0n) is 14.9. The molecule has 0 saturated carbocycles. The van der Waals surface area contributed by atoms with Gasteiger partial charge < -0.3 is 15.2 Å². The Labute approximate surface area is 158 Å². The summed E-state index contributed by atoms with van der Waals surface area (Å²) in [5, 5.41) is 6.50. The largest absolute Gasteiger partial charge is 0.334 e. The summed E-state index contributed by atoms with van der Waals surface area (Å²) in [6.07, 6.45) is 0. The van der Waals surface area contributed by atoms with Gasteiger partial charge in [0.05, 0.1) is 0 Å². The van der Waals surface area contributed by atoms with E-state index in [9.17, 15) is 4.79 Å². The third-order valence-corrected chi connectivity index (χ3v) is 4.57. The second-order valence-electron chi connectivity index (χ2n) is 6.23. The summed E-state index contributed by atoms with van der Waals surface area (Å²) in [6, 6.07) is 19.5. The molecule has 5 heteroatoms. The van der Waals surface area contributed by atoms with E-state index in [1.807, 2.05) is 68.4 Å². The first kappa shape index (κ1) is 18.1. The first-order valence-electron chi connectivity index (χ1n) is 8.54. The van der Waals surface area contributed by atoms with E-state index in [0.717, 1.165) is 28.2 Å². The number of nitrogens with one attached hydrogen (secondary N) is 2. The van der Waals surface area contributed by atoms with Gasteiger partial charge in [0.1, 0.15) is 0 Å². The highest BCUT2D eigenvalue weighted by Crippen LogP contribution is 2.22. The van der Waals surface area contributed by atoms with Crippen LogP contribution in [-0.4, -0.2) is 10.6 Å². The van der Waals surface area contributed by atoms with Crippen molar-refractivity contribution in [3.8, 4) is 5.69 Å². The number of halogens is 1. The maximum Gasteiger partial charge on any atom is 0.315 e. The molecule has 0 unspecified atom stereocenters. The minimum Gasteiger partial charge on any atom is -0.334 e. The Morgan fingerprint density at radius 3 is 2.42 bits per heavy atom. The Morgan fingerprint density at radius 1 is 0.962 bits per heavy atom. The number of urea groups is 1. The first-order chi connectivity index (χ1) is 12.5. The topological polar surface area (TPSA) is 46.1 Å². The molecule has 0 aliphatic heterocycles. The molecule has 1 heterocycles. The number of hydrogen-bond acceptors (Lipinski definition) is 1. The molecule has 1 aromatic heterocycles. The second-order valence-corrected chi connectivity index (χ2v) is 6.67. The van der Waals surface area contributed by atoms with Crippen molar-refractivity contribution in [2.24, 2.45) is 0 Å². The molecule has 0 fully saturated rings. The highest BCUT2D eigenvalue weighted by atomic mass is 35.5. The number of hydrogen-bond donors (Lipinski definition) is 2. The van der Waals surface area contributed by atoms with Gasteiger partial charge in [0, 0.05) is 35.2 Å². The van der Waals surface area contributed by atoms with Crippen molar-refractivity contribution >= 4 is 17.6 Å². The molecule has 3 aromatic rings. The van der Waals surface area contributed by atoms with Crippen molar-refractivity contribution in [3.63, 3.8) is 0 Å². The maximum absolute atomic E-state index is 12.1. The van der Waals surface area contributed by atoms with E-state index in [1.54, 1.807) is 0 Å². The molecule has 2 N–H and O–H groups in total. The van der Waals surface area contributed by atoms with Gasteiger partial charge in [0.2, 0.25) is 0 Å². The van der Waals surface area contributed by atoms with Gasteiger partial charge in [-0.3, -0.25) is 0 Å². The number of nitrogens with zero attached hydrogens (tertiary/aromatic N) is 1. The lowest BCUT2D eigenvalue weighted by Crippen LogP contribution is -2.34. The van der Waals surface area contributed by atoms with Gasteiger partial charge in [0.15, 0.2) is 0 Å². The molecule has 0 bridgehead atoms. The number of benzene rings is 2. The zero-order valence-corrected chi connectivity index (χ0v) is 15.7. The highest BCUT2D eigenvalue weighted by molar-refractivity contribution is 6.30. The lowest BCUT2D eigenvalue weighted by atomic mass is 10.2. The summed E-state index contributed by atoms with van der Waals surface area (Å²) in [4.78, 5) is 12.1. The van der Waals surface area contributed by atoms with E-state index in [1.165, 1.54) is 0 Å². The van der Waals surface area contributed by atoms with E-state index < -0.39 is 0 Å². The molecule has 0 aliphatic rings. The number of aromatic nitrogens is 1. The molecule has 0 spiro atoms.